The van der Waals surface area contributed by atoms with Crippen LogP contribution in [0, 0.1) is 0 Å². The van der Waals surface area contributed by atoms with Gasteiger partial charge in [-0.3, -0.25) is 0 Å². The Morgan fingerprint density at radius 3 is 1.94 bits per heavy atom. The lowest BCUT2D eigenvalue weighted by atomic mass is 10.2. The molecule has 0 aromatic carbocycles. The molecule has 0 radical (unpaired) electrons. The topological polar surface area (TPSA) is 90.7 Å². The third kappa shape index (κ3) is 6.57. The molecule has 5 nitrogen and oxygen atoms in total. The van der Waals surface area contributed by atoms with E-state index in [4.69, 9.17) is 15.5 Å². The molecule has 0 heterocycles. The third-order valence-electron chi connectivity index (χ3n) is 3.00. The molecule has 0 saturated heterocycles. The van der Waals surface area contributed by atoms with E-state index in [1.54, 1.807) is 0 Å². The molecule has 0 spiro atoms. The van der Waals surface area contributed by atoms with E-state index in [1.807, 2.05) is 0 Å². The highest BCUT2D eigenvalue weighted by Gasteiger charge is 2.38. The maximum Gasteiger partial charge on any atom is 0.192 e. The van der Waals surface area contributed by atoms with Gasteiger partial charge in [-0.05, 0) is 24.6 Å². The molecule has 5 N–H and O–H groups in total. The fraction of sp³-hybridized carbons (Fsp3) is 1.00. The van der Waals surface area contributed by atoms with Crippen molar-refractivity contribution in [2.24, 2.45) is 11.8 Å². The Hall–Kier alpha value is 0.0169. The molecule has 0 aliphatic rings. The van der Waals surface area contributed by atoms with Gasteiger partial charge in [-0.1, -0.05) is 27.7 Å². The van der Waals surface area contributed by atoms with Crippen LogP contribution in [0.1, 0.15) is 34.1 Å². The van der Waals surface area contributed by atoms with Crippen LogP contribution in [0.2, 0.25) is 18.1 Å². The summed E-state index contributed by atoms with van der Waals surface area (Å²) in [6.07, 6.45) is 1.09. The van der Waals surface area contributed by atoms with Crippen molar-refractivity contribution in [2.75, 3.05) is 6.61 Å². The molecule has 0 aromatic heterocycles. The van der Waals surface area contributed by atoms with Gasteiger partial charge in [0.05, 0.1) is 12.7 Å². The van der Waals surface area contributed by atoms with E-state index < -0.39 is 8.32 Å². The van der Waals surface area contributed by atoms with Crippen LogP contribution in [0.15, 0.2) is 0 Å². The van der Waals surface area contributed by atoms with Crippen LogP contribution in [0.5, 0.6) is 0 Å². The Kier molecular flexibility index (Phi) is 9.37. The van der Waals surface area contributed by atoms with Gasteiger partial charge in [-0.25, -0.2) is 11.8 Å². The van der Waals surface area contributed by atoms with E-state index in [0.29, 0.717) is 6.61 Å². The van der Waals surface area contributed by atoms with Crippen LogP contribution in [0.3, 0.4) is 0 Å². The van der Waals surface area contributed by atoms with E-state index in [2.05, 4.69) is 51.5 Å². The third-order valence-corrected chi connectivity index (χ3v) is 7.54. The summed E-state index contributed by atoms with van der Waals surface area (Å²) < 4.78 is 6.13. The number of rotatable bonds is 5. The number of nitrogens with two attached hydrogens (primary N) is 2. The van der Waals surface area contributed by atoms with Gasteiger partial charge in [-0.2, -0.15) is 0 Å². The molecule has 0 amide bonds. The average Bonchev–Trinajstić information content (AvgIpc) is 2.18. The molecule has 0 aromatic rings. The molecule has 6 heteroatoms. The van der Waals surface area contributed by atoms with Crippen LogP contribution >= 0.6 is 0 Å². The summed E-state index contributed by atoms with van der Waals surface area (Å²) in [5.74, 6) is 8.57. The van der Waals surface area contributed by atoms with Crippen molar-refractivity contribution in [1.29, 1.82) is 0 Å². The van der Waals surface area contributed by atoms with E-state index in [9.17, 15) is 0 Å². The Morgan fingerprint density at radius 1 is 1.25 bits per heavy atom. The van der Waals surface area contributed by atoms with E-state index >= 15 is 0 Å². The molecule has 0 rings (SSSR count). The van der Waals surface area contributed by atoms with Crippen LogP contribution < -0.4 is 11.8 Å². The second kappa shape index (κ2) is 8.16. The minimum atomic E-state index is -1.66. The van der Waals surface area contributed by atoms with Gasteiger partial charge in [0.25, 0.3) is 0 Å². The molecular weight excluding hydrogens is 224 g/mol. The first-order valence-electron chi connectivity index (χ1n) is 5.50. The highest BCUT2D eigenvalue weighted by Crippen LogP contribution is 2.37. The summed E-state index contributed by atoms with van der Waals surface area (Å²) in [7, 11) is -1.66. The summed E-state index contributed by atoms with van der Waals surface area (Å²) in [4.78, 5) is 4.65. The summed E-state index contributed by atoms with van der Waals surface area (Å²) in [5.41, 5.74) is 0. The van der Waals surface area contributed by atoms with E-state index in [0.717, 1.165) is 6.42 Å². The molecule has 0 unspecified atom stereocenters. The second-order valence-corrected chi connectivity index (χ2v) is 10.00. The first-order chi connectivity index (χ1) is 7.24. The normalized spacial score (nSPS) is 14.1. The number of hydrogen-bond acceptors (Lipinski definition) is 5. The summed E-state index contributed by atoms with van der Waals surface area (Å²) in [6, 6.07) is 0. The van der Waals surface area contributed by atoms with Crippen molar-refractivity contribution in [1.82, 2.24) is 0 Å². The fourth-order valence-corrected chi connectivity index (χ4v) is 2.36. The van der Waals surface area contributed by atoms with Crippen LogP contribution in [0.4, 0.5) is 0 Å². The fourth-order valence-electron chi connectivity index (χ4n) is 0.936. The summed E-state index contributed by atoms with van der Waals surface area (Å²) >= 11 is 0. The Bertz CT molecular complexity index is 172. The van der Waals surface area contributed by atoms with Gasteiger partial charge in [0.15, 0.2) is 8.32 Å². The van der Waals surface area contributed by atoms with Crippen molar-refractivity contribution >= 4 is 8.32 Å². The van der Waals surface area contributed by atoms with Crippen molar-refractivity contribution in [3.63, 3.8) is 0 Å². The molecule has 0 bridgehead atoms. The maximum atomic E-state index is 6.50. The van der Waals surface area contributed by atoms with Crippen molar-refractivity contribution in [3.05, 3.63) is 0 Å². The Balaban J connectivity index is 0. The lowest BCUT2D eigenvalue weighted by molar-refractivity contribution is 0.0410. The molecule has 0 aliphatic heterocycles. The minimum absolute atomic E-state index is 0.140. The largest absolute Gasteiger partial charge is 0.412 e. The zero-order valence-electron chi connectivity index (χ0n) is 11.4. The maximum absolute atomic E-state index is 6.50. The zero-order valence-corrected chi connectivity index (χ0v) is 12.4. The first kappa shape index (κ1) is 18.4. The van der Waals surface area contributed by atoms with Gasteiger partial charge in [-0.15, -0.1) is 0 Å². The molecular formula is C10H28N2O3Si. The SMILES string of the molecule is CC[C@@H](CON)O[Si](C)(C)C(C)(C)C.NO. The molecule has 0 fully saturated rings. The van der Waals surface area contributed by atoms with Crippen LogP contribution in [-0.4, -0.2) is 26.2 Å². The summed E-state index contributed by atoms with van der Waals surface area (Å²) in [6.45, 7) is 13.8. The molecule has 0 aliphatic carbocycles. The van der Waals surface area contributed by atoms with Gasteiger partial charge in [0.2, 0.25) is 0 Å². The quantitative estimate of drug-likeness (QED) is 0.514. The van der Waals surface area contributed by atoms with Crippen molar-refractivity contribution < 1.29 is 14.5 Å². The van der Waals surface area contributed by atoms with Crippen molar-refractivity contribution in [3.8, 4) is 0 Å². The van der Waals surface area contributed by atoms with Gasteiger partial charge in [0.1, 0.15) is 0 Å². The van der Waals surface area contributed by atoms with Crippen molar-refractivity contribution in [2.45, 2.75) is 58.4 Å². The monoisotopic (exact) mass is 252 g/mol. The van der Waals surface area contributed by atoms with E-state index in [-0.39, 0.29) is 11.1 Å². The minimum Gasteiger partial charge on any atom is -0.412 e. The molecule has 1 atom stereocenters. The molecule has 0 saturated carbocycles. The van der Waals surface area contributed by atoms with E-state index in [1.165, 1.54) is 0 Å². The predicted molar refractivity (Wildman–Crippen MR) is 68.5 cm³/mol. The lowest BCUT2D eigenvalue weighted by Gasteiger charge is -2.38. The average molecular weight is 252 g/mol. The Labute approximate surface area is 100 Å². The van der Waals surface area contributed by atoms with Crippen LogP contribution in [-0.2, 0) is 9.26 Å². The molecule has 16 heavy (non-hydrogen) atoms. The first-order valence-corrected chi connectivity index (χ1v) is 8.40. The lowest BCUT2D eigenvalue weighted by Crippen LogP contribution is -2.45. The number of hydrogen-bond donors (Lipinski definition) is 3. The summed E-state index contributed by atoms with van der Waals surface area (Å²) in [5, 5.41) is 6.75. The second-order valence-electron chi connectivity index (χ2n) is 5.24. The van der Waals surface area contributed by atoms with Gasteiger partial charge in [0, 0.05) is 0 Å². The highest BCUT2D eigenvalue weighted by molar-refractivity contribution is 6.74. The Morgan fingerprint density at radius 2 is 1.69 bits per heavy atom. The zero-order chi connectivity index (χ0) is 13.4. The van der Waals surface area contributed by atoms with Gasteiger partial charge >= 0.3 is 0 Å². The smallest absolute Gasteiger partial charge is 0.192 e. The van der Waals surface area contributed by atoms with Gasteiger partial charge < -0.3 is 14.5 Å². The highest BCUT2D eigenvalue weighted by atomic mass is 28.4. The standard InChI is InChI=1S/C10H25NO2Si.H3NO/c1-7-9(8-12-11)13-14(5,6)10(2,3)4;1-2/h9H,7-8,11H2,1-6H3;2H,1H2/t9-;/m0./s1. The molecule has 100 valence electrons. The van der Waals surface area contributed by atoms with Crippen LogP contribution in [0.25, 0.3) is 0 Å². The predicted octanol–water partition coefficient (Wildman–Crippen LogP) is 2.01.